The second kappa shape index (κ2) is 12.7. The van der Waals surface area contributed by atoms with E-state index >= 15 is 0 Å². The van der Waals surface area contributed by atoms with E-state index in [1.165, 1.54) is 0 Å². The van der Waals surface area contributed by atoms with Crippen LogP contribution < -0.4 is 14.8 Å². The van der Waals surface area contributed by atoms with Crippen LogP contribution in [0.5, 0.6) is 11.5 Å². The van der Waals surface area contributed by atoms with Crippen molar-refractivity contribution in [1.82, 2.24) is 10.2 Å². The Morgan fingerprint density at radius 2 is 1.94 bits per heavy atom. The number of ether oxygens (including phenoxy) is 2. The fourth-order valence-corrected chi connectivity index (χ4v) is 3.92. The Morgan fingerprint density at radius 3 is 2.56 bits per heavy atom. The van der Waals surface area contributed by atoms with Crippen molar-refractivity contribution in [3.05, 3.63) is 57.5 Å². The topological polar surface area (TPSA) is 67.9 Å². The highest BCUT2D eigenvalue weighted by molar-refractivity contribution is 9.10. The van der Waals surface area contributed by atoms with Gasteiger partial charge in [0.05, 0.1) is 11.6 Å². The van der Waals surface area contributed by atoms with E-state index < -0.39 is 6.04 Å². The Hall–Kier alpha value is -2.25. The zero-order valence-electron chi connectivity index (χ0n) is 18.9. The molecule has 0 heterocycles. The van der Waals surface area contributed by atoms with Gasteiger partial charge < -0.3 is 19.7 Å². The molecule has 174 valence electrons. The van der Waals surface area contributed by atoms with Crippen molar-refractivity contribution in [2.75, 3.05) is 20.3 Å². The van der Waals surface area contributed by atoms with Crippen LogP contribution in [0.2, 0.25) is 5.02 Å². The molecular weight excluding hydrogens is 496 g/mol. The standard InChI is InChI=1S/C24H30BrClN2O4/c1-5-21(24(30)27-13-16(2)3)28(14-17-7-6-8-19(11-17)31-4)23(29)15-32-22-10-9-18(26)12-20(22)25/h6-12,16,21H,5,13-15H2,1-4H3,(H,27,30)/t21-/m0/s1. The predicted octanol–water partition coefficient (Wildman–Crippen LogP) is 5.07. The molecule has 0 saturated heterocycles. The highest BCUT2D eigenvalue weighted by Gasteiger charge is 2.29. The van der Waals surface area contributed by atoms with Crippen LogP contribution in [0.25, 0.3) is 0 Å². The van der Waals surface area contributed by atoms with Gasteiger partial charge in [-0.3, -0.25) is 9.59 Å². The molecule has 6 nitrogen and oxygen atoms in total. The van der Waals surface area contributed by atoms with Gasteiger partial charge in [-0.05, 0) is 64.2 Å². The summed E-state index contributed by atoms with van der Waals surface area (Å²) in [4.78, 5) is 27.7. The number of nitrogens with one attached hydrogen (secondary N) is 1. The van der Waals surface area contributed by atoms with Crippen molar-refractivity contribution in [1.29, 1.82) is 0 Å². The lowest BCUT2D eigenvalue weighted by Crippen LogP contribution is -2.50. The van der Waals surface area contributed by atoms with Crippen molar-refractivity contribution in [3.63, 3.8) is 0 Å². The first kappa shape index (κ1) is 26.0. The van der Waals surface area contributed by atoms with Crippen molar-refractivity contribution in [2.24, 2.45) is 5.92 Å². The van der Waals surface area contributed by atoms with Crippen molar-refractivity contribution in [3.8, 4) is 11.5 Å². The first-order chi connectivity index (χ1) is 15.2. The Bertz CT molecular complexity index is 923. The summed E-state index contributed by atoms with van der Waals surface area (Å²) >= 11 is 9.37. The van der Waals surface area contributed by atoms with Crippen LogP contribution in [0, 0.1) is 5.92 Å². The van der Waals surface area contributed by atoms with Gasteiger partial charge in [0.2, 0.25) is 5.91 Å². The van der Waals surface area contributed by atoms with E-state index in [1.807, 2.05) is 45.0 Å². The molecule has 0 bridgehead atoms. The lowest BCUT2D eigenvalue weighted by molar-refractivity contribution is -0.143. The Balaban J connectivity index is 2.24. The highest BCUT2D eigenvalue weighted by Crippen LogP contribution is 2.28. The normalized spacial score (nSPS) is 11.7. The molecule has 2 aromatic carbocycles. The first-order valence-electron chi connectivity index (χ1n) is 10.5. The Morgan fingerprint density at radius 1 is 1.19 bits per heavy atom. The van der Waals surface area contributed by atoms with Gasteiger partial charge in [-0.2, -0.15) is 0 Å². The van der Waals surface area contributed by atoms with Crippen molar-refractivity contribution >= 4 is 39.3 Å². The molecule has 1 atom stereocenters. The van der Waals surface area contributed by atoms with Crippen LogP contribution in [0.1, 0.15) is 32.8 Å². The van der Waals surface area contributed by atoms with Crippen molar-refractivity contribution in [2.45, 2.75) is 39.8 Å². The van der Waals surface area contributed by atoms with E-state index in [9.17, 15) is 9.59 Å². The van der Waals surface area contributed by atoms with E-state index in [0.29, 0.717) is 39.9 Å². The Labute approximate surface area is 203 Å². The van der Waals surface area contributed by atoms with Gasteiger partial charge in [0, 0.05) is 18.1 Å². The smallest absolute Gasteiger partial charge is 0.261 e. The van der Waals surface area contributed by atoms with E-state index in [1.54, 1.807) is 30.2 Å². The quantitative estimate of drug-likeness (QED) is 0.445. The largest absolute Gasteiger partial charge is 0.497 e. The maximum Gasteiger partial charge on any atom is 0.261 e. The number of rotatable bonds is 11. The second-order valence-electron chi connectivity index (χ2n) is 7.80. The maximum absolute atomic E-state index is 13.2. The van der Waals surface area contributed by atoms with Crippen LogP contribution in [0.4, 0.5) is 0 Å². The van der Waals surface area contributed by atoms with Gasteiger partial charge in [0.15, 0.2) is 6.61 Å². The molecule has 0 aromatic heterocycles. The van der Waals surface area contributed by atoms with Crippen molar-refractivity contribution < 1.29 is 19.1 Å². The maximum atomic E-state index is 13.2. The zero-order chi connectivity index (χ0) is 23.7. The fourth-order valence-electron chi connectivity index (χ4n) is 3.12. The minimum Gasteiger partial charge on any atom is -0.497 e. The van der Waals surface area contributed by atoms with E-state index in [2.05, 4.69) is 21.2 Å². The molecule has 1 N–H and O–H groups in total. The van der Waals surface area contributed by atoms with Crippen LogP contribution in [-0.2, 0) is 16.1 Å². The highest BCUT2D eigenvalue weighted by atomic mass is 79.9. The zero-order valence-corrected chi connectivity index (χ0v) is 21.2. The summed E-state index contributed by atoms with van der Waals surface area (Å²) in [6, 6.07) is 11.9. The molecule has 0 aliphatic rings. The van der Waals surface area contributed by atoms with Crippen LogP contribution >= 0.6 is 27.5 Å². The van der Waals surface area contributed by atoms with Gasteiger partial charge in [0.25, 0.3) is 5.91 Å². The summed E-state index contributed by atoms with van der Waals surface area (Å²) in [6.07, 6.45) is 0.476. The molecule has 0 unspecified atom stereocenters. The van der Waals surface area contributed by atoms with Crippen LogP contribution in [-0.4, -0.2) is 43.0 Å². The van der Waals surface area contributed by atoms with Gasteiger partial charge >= 0.3 is 0 Å². The number of amides is 2. The summed E-state index contributed by atoms with van der Waals surface area (Å²) in [5, 5.41) is 3.50. The summed E-state index contributed by atoms with van der Waals surface area (Å²) < 4.78 is 11.7. The number of hydrogen-bond donors (Lipinski definition) is 1. The molecule has 2 rings (SSSR count). The summed E-state index contributed by atoms with van der Waals surface area (Å²) in [5.41, 5.74) is 0.862. The van der Waals surface area contributed by atoms with Crippen LogP contribution in [0.3, 0.4) is 0 Å². The minimum atomic E-state index is -0.621. The molecule has 0 aliphatic heterocycles. The third-order valence-electron chi connectivity index (χ3n) is 4.80. The average molecular weight is 526 g/mol. The minimum absolute atomic E-state index is 0.176. The Kier molecular flexibility index (Phi) is 10.3. The molecule has 0 fully saturated rings. The number of hydrogen-bond acceptors (Lipinski definition) is 4. The molecule has 0 radical (unpaired) electrons. The SMILES string of the molecule is CC[C@@H](C(=O)NCC(C)C)N(Cc1cccc(OC)c1)C(=O)COc1ccc(Cl)cc1Br. The van der Waals surface area contributed by atoms with Gasteiger partial charge in [-0.25, -0.2) is 0 Å². The third-order valence-corrected chi connectivity index (χ3v) is 5.66. The van der Waals surface area contributed by atoms with Gasteiger partial charge in [-0.15, -0.1) is 0 Å². The molecule has 2 aromatic rings. The molecule has 0 saturated carbocycles. The second-order valence-corrected chi connectivity index (χ2v) is 9.09. The predicted molar refractivity (Wildman–Crippen MR) is 130 cm³/mol. The van der Waals surface area contributed by atoms with Gasteiger partial charge in [0.1, 0.15) is 17.5 Å². The van der Waals surface area contributed by atoms with E-state index in [4.69, 9.17) is 21.1 Å². The monoisotopic (exact) mass is 524 g/mol. The van der Waals surface area contributed by atoms with E-state index in [0.717, 1.165) is 5.56 Å². The molecular formula is C24H30BrClN2O4. The number of halogens is 2. The number of benzene rings is 2. The molecule has 32 heavy (non-hydrogen) atoms. The van der Waals surface area contributed by atoms with Crippen LogP contribution in [0.15, 0.2) is 46.9 Å². The number of carbonyl (C=O) groups is 2. The summed E-state index contributed by atoms with van der Waals surface area (Å²) in [6.45, 7) is 6.54. The van der Waals surface area contributed by atoms with E-state index in [-0.39, 0.29) is 25.0 Å². The molecule has 2 amide bonds. The lowest BCUT2D eigenvalue weighted by atomic mass is 10.1. The molecule has 0 aliphatic carbocycles. The molecule has 0 spiro atoms. The summed E-state index contributed by atoms with van der Waals surface area (Å²) in [7, 11) is 1.59. The number of methoxy groups -OCH3 is 1. The third kappa shape index (κ3) is 7.71. The number of carbonyl (C=O) groups excluding carboxylic acids is 2. The molecule has 8 heteroatoms. The fraction of sp³-hybridized carbons (Fsp3) is 0.417. The van der Waals surface area contributed by atoms with Gasteiger partial charge in [-0.1, -0.05) is 44.5 Å². The average Bonchev–Trinajstić information content (AvgIpc) is 2.76. The first-order valence-corrected chi connectivity index (χ1v) is 11.7. The number of nitrogens with zero attached hydrogens (tertiary/aromatic N) is 1. The lowest BCUT2D eigenvalue weighted by Gasteiger charge is -2.31. The summed E-state index contributed by atoms with van der Waals surface area (Å²) in [5.74, 6) is 1.03.